The highest BCUT2D eigenvalue weighted by molar-refractivity contribution is 6.06. The number of nitrogens with one attached hydrogen (secondary N) is 1. The highest BCUT2D eigenvalue weighted by Gasteiger charge is 2.33. The molecule has 3 aromatic rings. The van der Waals surface area contributed by atoms with Gasteiger partial charge in [0.25, 0.3) is 0 Å². The third-order valence-corrected chi connectivity index (χ3v) is 5.73. The lowest BCUT2D eigenvalue weighted by atomic mass is 10.0. The van der Waals surface area contributed by atoms with E-state index in [1.54, 1.807) is 6.08 Å². The first kappa shape index (κ1) is 17.0. The summed E-state index contributed by atoms with van der Waals surface area (Å²) in [6.45, 7) is 2.84. The number of aliphatic imine (C=N–C) groups is 1. The standard InChI is InChI=1S/C24H18N4O2/c1-14-2-4-15(5-3-14)23-18-12-16(6-8-19(18)27-30-23)24-25-13-17-7-9-21(29)26-20-10-11-28(24)22(17)20/h2-9,12-13H,10-11H2,1H3,(H,26,29). The zero-order valence-corrected chi connectivity index (χ0v) is 16.3. The van der Waals surface area contributed by atoms with Crippen molar-refractivity contribution < 1.29 is 9.32 Å². The first-order valence-electron chi connectivity index (χ1n) is 9.92. The summed E-state index contributed by atoms with van der Waals surface area (Å²) >= 11 is 0. The summed E-state index contributed by atoms with van der Waals surface area (Å²) in [4.78, 5) is 18.9. The van der Waals surface area contributed by atoms with Crippen LogP contribution in [0, 0.1) is 6.92 Å². The molecule has 2 aromatic carbocycles. The Hall–Kier alpha value is -3.93. The van der Waals surface area contributed by atoms with Gasteiger partial charge in [-0.15, -0.1) is 0 Å². The van der Waals surface area contributed by atoms with Crippen LogP contribution in [0.25, 0.3) is 22.2 Å². The number of fused-ring (bicyclic) bond motifs is 1. The number of carbonyl (C=O) groups excluding carboxylic acids is 1. The summed E-state index contributed by atoms with van der Waals surface area (Å²) in [5, 5.41) is 8.18. The highest BCUT2D eigenvalue weighted by atomic mass is 16.5. The number of aryl methyl sites for hydroxylation is 1. The second kappa shape index (κ2) is 6.29. The van der Waals surface area contributed by atoms with E-state index in [1.807, 2.05) is 36.5 Å². The van der Waals surface area contributed by atoms with Crippen LogP contribution in [0.3, 0.4) is 0 Å². The van der Waals surface area contributed by atoms with Crippen LogP contribution in [-0.2, 0) is 4.79 Å². The van der Waals surface area contributed by atoms with E-state index in [-0.39, 0.29) is 5.91 Å². The molecule has 3 aliphatic rings. The number of rotatable bonds is 2. The molecule has 0 bridgehead atoms. The summed E-state index contributed by atoms with van der Waals surface area (Å²) in [5.41, 5.74) is 6.94. The van der Waals surface area contributed by atoms with Crippen molar-refractivity contribution in [2.45, 2.75) is 13.3 Å². The average molecular weight is 394 g/mol. The van der Waals surface area contributed by atoms with Gasteiger partial charge in [0.05, 0.1) is 11.1 Å². The van der Waals surface area contributed by atoms with Crippen LogP contribution in [0.2, 0.25) is 0 Å². The van der Waals surface area contributed by atoms with Gasteiger partial charge in [-0.3, -0.25) is 4.79 Å². The SMILES string of the molecule is Cc1ccc(-c2onc3ccc(C4=NC=C5C=CC(=O)NC6=C5N4CC6)cc23)cc1. The molecule has 0 saturated heterocycles. The molecule has 6 rings (SSSR count). The summed E-state index contributed by atoms with van der Waals surface area (Å²) in [7, 11) is 0. The third-order valence-electron chi connectivity index (χ3n) is 5.73. The monoisotopic (exact) mass is 394 g/mol. The molecule has 0 saturated carbocycles. The van der Waals surface area contributed by atoms with Gasteiger partial charge in [-0.2, -0.15) is 0 Å². The Morgan fingerprint density at radius 3 is 2.77 bits per heavy atom. The van der Waals surface area contributed by atoms with Gasteiger partial charge in [-0.1, -0.05) is 35.0 Å². The Kier molecular flexibility index (Phi) is 3.56. The Morgan fingerprint density at radius 1 is 1.07 bits per heavy atom. The first-order chi connectivity index (χ1) is 14.7. The minimum absolute atomic E-state index is 0.0927. The molecule has 1 aromatic heterocycles. The zero-order chi connectivity index (χ0) is 20.2. The van der Waals surface area contributed by atoms with Crippen LogP contribution in [0.4, 0.5) is 0 Å². The lowest BCUT2D eigenvalue weighted by molar-refractivity contribution is -0.115. The van der Waals surface area contributed by atoms with Crippen molar-refractivity contribution in [1.82, 2.24) is 15.4 Å². The fourth-order valence-electron chi connectivity index (χ4n) is 4.24. The fraction of sp³-hybridized carbons (Fsp3) is 0.125. The normalized spacial score (nSPS) is 17.6. The minimum atomic E-state index is -0.0927. The van der Waals surface area contributed by atoms with E-state index in [0.717, 1.165) is 63.6 Å². The van der Waals surface area contributed by atoms with Crippen molar-refractivity contribution in [2.75, 3.05) is 6.54 Å². The molecule has 0 fully saturated rings. The van der Waals surface area contributed by atoms with Crippen LogP contribution in [0.15, 0.2) is 87.3 Å². The number of allylic oxidation sites excluding steroid dienone is 1. The smallest absolute Gasteiger partial charge is 0.248 e. The molecule has 0 atom stereocenters. The third kappa shape index (κ3) is 2.54. The molecular formula is C24H18N4O2. The maximum absolute atomic E-state index is 11.9. The Labute approximate surface area is 172 Å². The fourth-order valence-corrected chi connectivity index (χ4v) is 4.24. The van der Waals surface area contributed by atoms with Gasteiger partial charge in [-0.05, 0) is 31.2 Å². The topological polar surface area (TPSA) is 70.7 Å². The maximum Gasteiger partial charge on any atom is 0.248 e. The van der Waals surface area contributed by atoms with E-state index in [0.29, 0.717) is 0 Å². The molecule has 1 N–H and O–H groups in total. The van der Waals surface area contributed by atoms with Gasteiger partial charge in [0.2, 0.25) is 5.91 Å². The second-order valence-electron chi connectivity index (χ2n) is 7.70. The van der Waals surface area contributed by atoms with Gasteiger partial charge in [-0.25, -0.2) is 4.99 Å². The zero-order valence-electron chi connectivity index (χ0n) is 16.3. The van der Waals surface area contributed by atoms with E-state index in [1.165, 1.54) is 5.56 Å². The van der Waals surface area contributed by atoms with Gasteiger partial charge in [0.1, 0.15) is 11.4 Å². The molecule has 4 heterocycles. The van der Waals surface area contributed by atoms with Gasteiger partial charge in [0.15, 0.2) is 5.76 Å². The number of benzene rings is 2. The quantitative estimate of drug-likeness (QED) is 0.712. The number of hydrogen-bond donors (Lipinski definition) is 1. The maximum atomic E-state index is 11.9. The average Bonchev–Trinajstić information content (AvgIpc) is 3.33. The Bertz CT molecular complexity index is 1340. The molecular weight excluding hydrogens is 376 g/mol. The number of amides is 1. The summed E-state index contributed by atoms with van der Waals surface area (Å²) < 4.78 is 5.68. The lowest BCUT2D eigenvalue weighted by Gasteiger charge is -2.27. The van der Waals surface area contributed by atoms with E-state index < -0.39 is 0 Å². The predicted molar refractivity (Wildman–Crippen MR) is 114 cm³/mol. The molecule has 0 spiro atoms. The molecule has 1 amide bonds. The van der Waals surface area contributed by atoms with E-state index in [2.05, 4.69) is 40.5 Å². The summed E-state index contributed by atoms with van der Waals surface area (Å²) in [6, 6.07) is 14.3. The molecule has 0 radical (unpaired) electrons. The number of aromatic nitrogens is 1. The van der Waals surface area contributed by atoms with Gasteiger partial charge < -0.3 is 14.7 Å². The van der Waals surface area contributed by atoms with E-state index >= 15 is 0 Å². The van der Waals surface area contributed by atoms with Crippen molar-refractivity contribution in [3.63, 3.8) is 0 Å². The number of nitrogens with zero attached hydrogens (tertiary/aromatic N) is 3. The molecule has 6 nitrogen and oxygen atoms in total. The minimum Gasteiger partial charge on any atom is -0.355 e. The van der Waals surface area contributed by atoms with Crippen LogP contribution in [0.5, 0.6) is 0 Å². The van der Waals surface area contributed by atoms with Crippen molar-refractivity contribution in [2.24, 2.45) is 4.99 Å². The van der Waals surface area contributed by atoms with Crippen LogP contribution < -0.4 is 5.32 Å². The van der Waals surface area contributed by atoms with Crippen molar-refractivity contribution in [1.29, 1.82) is 0 Å². The summed E-state index contributed by atoms with van der Waals surface area (Å²) in [5.74, 6) is 1.53. The molecule has 0 aliphatic carbocycles. The highest BCUT2D eigenvalue weighted by Crippen LogP contribution is 2.35. The van der Waals surface area contributed by atoms with Crippen molar-refractivity contribution in [3.8, 4) is 11.3 Å². The predicted octanol–water partition coefficient (Wildman–Crippen LogP) is 4.05. The first-order valence-corrected chi connectivity index (χ1v) is 9.92. The summed E-state index contributed by atoms with van der Waals surface area (Å²) in [6.07, 6.45) is 6.00. The molecule has 146 valence electrons. The second-order valence-corrected chi connectivity index (χ2v) is 7.70. The van der Waals surface area contributed by atoms with Crippen molar-refractivity contribution >= 4 is 22.6 Å². The molecule has 30 heavy (non-hydrogen) atoms. The molecule has 6 heteroatoms. The van der Waals surface area contributed by atoms with E-state index in [4.69, 9.17) is 9.52 Å². The largest absolute Gasteiger partial charge is 0.355 e. The van der Waals surface area contributed by atoms with Crippen LogP contribution in [0.1, 0.15) is 17.5 Å². The Balaban J connectivity index is 1.47. The van der Waals surface area contributed by atoms with Crippen molar-refractivity contribution in [3.05, 3.63) is 88.9 Å². The van der Waals surface area contributed by atoms with E-state index in [9.17, 15) is 4.79 Å². The number of hydrogen-bond acceptors (Lipinski definition) is 5. The number of carbonyl (C=O) groups is 1. The van der Waals surface area contributed by atoms with Gasteiger partial charge >= 0.3 is 0 Å². The Morgan fingerprint density at radius 2 is 1.90 bits per heavy atom. The van der Waals surface area contributed by atoms with Crippen LogP contribution >= 0.6 is 0 Å². The van der Waals surface area contributed by atoms with Crippen LogP contribution in [-0.4, -0.2) is 28.3 Å². The molecule has 3 aliphatic heterocycles. The number of amidine groups is 1. The lowest BCUT2D eigenvalue weighted by Crippen LogP contribution is -2.31. The molecule has 0 unspecified atom stereocenters. The van der Waals surface area contributed by atoms with Gasteiger partial charge in [0, 0.05) is 47.6 Å².